The van der Waals surface area contributed by atoms with E-state index in [-0.39, 0.29) is 11.7 Å². The third kappa shape index (κ3) is 7.81. The SMILES string of the molecule is CC.COCCN(C=O)C1=C(N(C)Cc2ccc(C(=O)Nc3ccccc3N)cc2)CC=C(F)C=C1. The molecular weight excluding hydrogens is 459 g/mol. The Morgan fingerprint density at radius 1 is 1.14 bits per heavy atom. The van der Waals surface area contributed by atoms with Crippen molar-refractivity contribution in [3.8, 4) is 0 Å². The number of amides is 2. The topological polar surface area (TPSA) is 87.9 Å². The van der Waals surface area contributed by atoms with Crippen molar-refractivity contribution in [2.45, 2.75) is 26.8 Å². The summed E-state index contributed by atoms with van der Waals surface area (Å²) in [5.41, 5.74) is 9.83. The zero-order valence-corrected chi connectivity index (χ0v) is 21.3. The molecule has 36 heavy (non-hydrogen) atoms. The summed E-state index contributed by atoms with van der Waals surface area (Å²) in [4.78, 5) is 27.8. The highest BCUT2D eigenvalue weighted by Crippen LogP contribution is 2.25. The highest BCUT2D eigenvalue weighted by atomic mass is 19.1. The lowest BCUT2D eigenvalue weighted by atomic mass is 10.1. The summed E-state index contributed by atoms with van der Waals surface area (Å²) in [6.07, 6.45) is 5.50. The number of carbonyl (C=O) groups is 2. The number of nitrogen functional groups attached to an aromatic ring is 1. The lowest BCUT2D eigenvalue weighted by molar-refractivity contribution is -0.116. The van der Waals surface area contributed by atoms with E-state index in [0.717, 1.165) is 17.7 Å². The predicted octanol–water partition coefficient (Wildman–Crippen LogP) is 5.11. The molecule has 0 unspecified atom stereocenters. The number of methoxy groups -OCH3 is 1. The van der Waals surface area contributed by atoms with Crippen LogP contribution in [0.25, 0.3) is 0 Å². The van der Waals surface area contributed by atoms with Crippen molar-refractivity contribution in [1.29, 1.82) is 0 Å². The fourth-order valence-electron chi connectivity index (χ4n) is 3.59. The molecule has 0 heterocycles. The Kier molecular flexibility index (Phi) is 11.4. The van der Waals surface area contributed by atoms with Gasteiger partial charge >= 0.3 is 0 Å². The molecule has 192 valence electrons. The number of hydrogen-bond acceptors (Lipinski definition) is 5. The maximum atomic E-state index is 14.0. The number of ether oxygens (including phenoxy) is 1. The van der Waals surface area contributed by atoms with Gasteiger partial charge in [-0.05, 0) is 48.1 Å². The zero-order valence-electron chi connectivity index (χ0n) is 21.3. The first kappa shape index (κ1) is 28.3. The molecule has 7 nitrogen and oxygen atoms in total. The van der Waals surface area contributed by atoms with Crippen LogP contribution in [0.4, 0.5) is 15.8 Å². The van der Waals surface area contributed by atoms with Crippen LogP contribution in [0.2, 0.25) is 0 Å². The van der Waals surface area contributed by atoms with Gasteiger partial charge in [0.15, 0.2) is 0 Å². The molecule has 1 aliphatic rings. The molecule has 3 rings (SSSR count). The van der Waals surface area contributed by atoms with Crippen LogP contribution in [0.15, 0.2) is 84.0 Å². The quantitative estimate of drug-likeness (QED) is 0.354. The molecule has 2 aromatic carbocycles. The minimum atomic E-state index is -0.354. The van der Waals surface area contributed by atoms with Crippen LogP contribution in [0.5, 0.6) is 0 Å². The van der Waals surface area contributed by atoms with E-state index in [4.69, 9.17) is 10.5 Å². The number of carbonyl (C=O) groups excluding carboxylic acids is 2. The Balaban J connectivity index is 0.00000222. The first-order valence-corrected chi connectivity index (χ1v) is 11.9. The highest BCUT2D eigenvalue weighted by Gasteiger charge is 2.18. The van der Waals surface area contributed by atoms with Gasteiger partial charge < -0.3 is 25.6 Å². The third-order valence-corrected chi connectivity index (χ3v) is 5.47. The molecule has 0 bridgehead atoms. The first-order chi connectivity index (χ1) is 17.4. The van der Waals surface area contributed by atoms with Gasteiger partial charge in [0, 0.05) is 44.9 Å². The van der Waals surface area contributed by atoms with Crippen LogP contribution in [0.1, 0.15) is 36.2 Å². The number of nitrogens with one attached hydrogen (secondary N) is 1. The first-order valence-electron chi connectivity index (χ1n) is 11.9. The lowest BCUT2D eigenvalue weighted by Crippen LogP contribution is -2.29. The molecule has 0 atom stereocenters. The predicted molar refractivity (Wildman–Crippen MR) is 143 cm³/mol. The van der Waals surface area contributed by atoms with E-state index in [9.17, 15) is 14.0 Å². The number of nitrogens with zero attached hydrogens (tertiary/aromatic N) is 2. The molecule has 0 radical (unpaired) electrons. The maximum Gasteiger partial charge on any atom is 0.255 e. The van der Waals surface area contributed by atoms with Crippen LogP contribution < -0.4 is 11.1 Å². The zero-order chi connectivity index (χ0) is 26.5. The number of para-hydroxylation sites is 2. The average molecular weight is 495 g/mol. The second-order valence-electron chi connectivity index (χ2n) is 7.84. The minimum Gasteiger partial charge on any atom is -0.397 e. The van der Waals surface area contributed by atoms with Crippen molar-refractivity contribution < 1.29 is 18.7 Å². The Morgan fingerprint density at radius 3 is 2.47 bits per heavy atom. The van der Waals surface area contributed by atoms with Crippen molar-refractivity contribution in [2.75, 3.05) is 38.4 Å². The highest BCUT2D eigenvalue weighted by molar-refractivity contribution is 6.05. The number of nitrogens with two attached hydrogens (primary N) is 1. The summed E-state index contributed by atoms with van der Waals surface area (Å²) in [5, 5.41) is 2.81. The second-order valence-corrected chi connectivity index (χ2v) is 7.84. The number of benzene rings is 2. The number of allylic oxidation sites excluding steroid dienone is 4. The standard InChI is InChI=1S/C26H29FN4O3.C2H6/c1-30(24-13-11-21(27)12-14-25(24)31(18-32)15-16-34-2)17-19-7-9-20(10-8-19)26(33)29-23-6-4-3-5-22(23)28;1-2/h3-12,14,18H,13,15-17,28H2,1-2H3,(H,29,33);1-2H3. The van der Waals surface area contributed by atoms with Crippen molar-refractivity contribution in [1.82, 2.24) is 9.80 Å². The molecule has 2 amide bonds. The normalized spacial score (nSPS) is 12.6. The number of rotatable bonds is 10. The van der Waals surface area contributed by atoms with E-state index >= 15 is 0 Å². The molecule has 0 saturated heterocycles. The fraction of sp³-hybridized carbons (Fsp3) is 0.286. The minimum absolute atomic E-state index is 0.253. The Hall–Kier alpha value is -3.91. The molecule has 0 aromatic heterocycles. The van der Waals surface area contributed by atoms with Crippen LogP contribution in [0, 0.1) is 0 Å². The third-order valence-electron chi connectivity index (χ3n) is 5.47. The van der Waals surface area contributed by atoms with Crippen LogP contribution in [0.3, 0.4) is 0 Å². The molecular formula is C28H35FN4O3. The monoisotopic (exact) mass is 494 g/mol. The van der Waals surface area contributed by atoms with E-state index in [1.54, 1.807) is 49.6 Å². The van der Waals surface area contributed by atoms with Gasteiger partial charge in [-0.15, -0.1) is 0 Å². The van der Waals surface area contributed by atoms with Crippen LogP contribution in [-0.4, -0.2) is 49.4 Å². The van der Waals surface area contributed by atoms with Gasteiger partial charge in [0.1, 0.15) is 5.83 Å². The molecule has 0 fully saturated rings. The lowest BCUT2D eigenvalue weighted by Gasteiger charge is -2.28. The van der Waals surface area contributed by atoms with Crippen LogP contribution >= 0.6 is 0 Å². The van der Waals surface area contributed by atoms with Gasteiger partial charge in [0.2, 0.25) is 6.41 Å². The van der Waals surface area contributed by atoms with Gasteiger partial charge in [0.25, 0.3) is 5.91 Å². The van der Waals surface area contributed by atoms with Gasteiger partial charge in [0.05, 0.1) is 23.7 Å². The fourth-order valence-corrected chi connectivity index (χ4v) is 3.59. The molecule has 1 aliphatic carbocycles. The summed E-state index contributed by atoms with van der Waals surface area (Å²) in [5.74, 6) is -0.606. The van der Waals surface area contributed by atoms with Crippen molar-refractivity contribution in [2.24, 2.45) is 0 Å². The van der Waals surface area contributed by atoms with E-state index in [1.165, 1.54) is 17.1 Å². The molecule has 0 spiro atoms. The van der Waals surface area contributed by atoms with E-state index in [1.807, 2.05) is 37.9 Å². The molecule has 3 N–H and O–H groups in total. The summed E-state index contributed by atoms with van der Waals surface area (Å²) < 4.78 is 19.0. The summed E-state index contributed by atoms with van der Waals surface area (Å²) in [6, 6.07) is 14.3. The summed E-state index contributed by atoms with van der Waals surface area (Å²) >= 11 is 0. The molecule has 8 heteroatoms. The smallest absolute Gasteiger partial charge is 0.255 e. The van der Waals surface area contributed by atoms with E-state index in [2.05, 4.69) is 5.32 Å². The second kappa shape index (κ2) is 14.5. The number of hydrogen-bond donors (Lipinski definition) is 2. The number of halogens is 1. The Bertz CT molecular complexity index is 1110. The van der Waals surface area contributed by atoms with Gasteiger partial charge in [-0.1, -0.05) is 38.1 Å². The van der Waals surface area contributed by atoms with Gasteiger partial charge in [-0.3, -0.25) is 9.59 Å². The molecule has 0 aliphatic heterocycles. The van der Waals surface area contributed by atoms with Crippen LogP contribution in [-0.2, 0) is 16.1 Å². The van der Waals surface area contributed by atoms with E-state index in [0.29, 0.717) is 48.8 Å². The van der Waals surface area contributed by atoms with Gasteiger partial charge in [-0.25, -0.2) is 4.39 Å². The van der Waals surface area contributed by atoms with Crippen molar-refractivity contribution in [3.63, 3.8) is 0 Å². The Labute approximate surface area is 212 Å². The average Bonchev–Trinajstić information content (AvgIpc) is 3.09. The summed E-state index contributed by atoms with van der Waals surface area (Å²) in [7, 11) is 3.45. The molecule has 2 aromatic rings. The number of anilines is 2. The van der Waals surface area contributed by atoms with Crippen molar-refractivity contribution >= 4 is 23.7 Å². The van der Waals surface area contributed by atoms with Crippen molar-refractivity contribution in [3.05, 3.63) is 95.1 Å². The summed E-state index contributed by atoms with van der Waals surface area (Å²) in [6.45, 7) is 5.22. The van der Waals surface area contributed by atoms with Gasteiger partial charge in [-0.2, -0.15) is 0 Å². The maximum absolute atomic E-state index is 14.0. The molecule has 0 saturated carbocycles. The Morgan fingerprint density at radius 2 is 1.83 bits per heavy atom. The largest absolute Gasteiger partial charge is 0.397 e. The van der Waals surface area contributed by atoms with E-state index < -0.39 is 0 Å².